The quantitative estimate of drug-likeness (QED) is 0.865. The minimum Gasteiger partial charge on any atom is -0.485 e. The van der Waals surface area contributed by atoms with E-state index in [1.165, 1.54) is 0 Å². The van der Waals surface area contributed by atoms with Gasteiger partial charge in [-0.1, -0.05) is 29.8 Å². The van der Waals surface area contributed by atoms with E-state index in [1.807, 2.05) is 29.8 Å². The van der Waals surface area contributed by atoms with Gasteiger partial charge in [-0.05, 0) is 31.0 Å². The lowest BCUT2D eigenvalue weighted by molar-refractivity contribution is 0.279. The number of nitrogens with zero attached hydrogens (tertiary/aromatic N) is 3. The van der Waals surface area contributed by atoms with Crippen LogP contribution < -0.4 is 10.5 Å². The average Bonchev–Trinajstić information content (AvgIpc) is 2.83. The van der Waals surface area contributed by atoms with Gasteiger partial charge in [0.2, 0.25) is 0 Å². The number of hydrogen-bond donors (Lipinski definition) is 1. The van der Waals surface area contributed by atoms with Crippen molar-refractivity contribution < 1.29 is 4.74 Å². The molecule has 0 aliphatic carbocycles. The first-order valence-electron chi connectivity index (χ1n) is 7.02. The van der Waals surface area contributed by atoms with E-state index in [1.54, 1.807) is 6.33 Å². The first-order chi connectivity index (χ1) is 9.97. The normalized spacial score (nSPS) is 12.7. The first kappa shape index (κ1) is 16.0. The van der Waals surface area contributed by atoms with E-state index in [4.69, 9.17) is 10.5 Å². The third-order valence-corrected chi connectivity index (χ3v) is 3.55. The third kappa shape index (κ3) is 4.28. The second-order valence-corrected chi connectivity index (χ2v) is 6.43. The van der Waals surface area contributed by atoms with Gasteiger partial charge in [0.05, 0.1) is 0 Å². The van der Waals surface area contributed by atoms with Gasteiger partial charge in [-0.2, -0.15) is 5.10 Å². The van der Waals surface area contributed by atoms with Gasteiger partial charge in [0.25, 0.3) is 0 Å². The third-order valence-electron chi connectivity index (χ3n) is 3.05. The molecule has 2 rings (SSSR count). The van der Waals surface area contributed by atoms with Crippen LogP contribution in [0.1, 0.15) is 38.2 Å². The van der Waals surface area contributed by atoms with Crippen LogP contribution in [0.15, 0.2) is 29.0 Å². The maximum atomic E-state index is 5.99. The van der Waals surface area contributed by atoms with Crippen molar-refractivity contribution in [1.29, 1.82) is 0 Å². The molecule has 2 aromatic rings. The Bertz CT molecular complexity index is 595. The van der Waals surface area contributed by atoms with E-state index in [2.05, 4.69) is 39.9 Å². The Labute approximate surface area is 133 Å². The van der Waals surface area contributed by atoms with E-state index in [0.29, 0.717) is 12.5 Å². The Kier molecular flexibility index (Phi) is 5.36. The monoisotopic (exact) mass is 352 g/mol. The van der Waals surface area contributed by atoms with Crippen molar-refractivity contribution in [3.05, 3.63) is 40.4 Å². The standard InChI is InChI=1S/C15H21BrN4O/c1-10(2)7-20-15(18-9-19-20)8-21-14-5-4-12(16)6-13(14)11(3)17/h4-6,9-11H,7-8,17H2,1-3H3/t11-/m1/s1. The summed E-state index contributed by atoms with van der Waals surface area (Å²) in [7, 11) is 0. The molecule has 0 saturated carbocycles. The number of halogens is 1. The van der Waals surface area contributed by atoms with Gasteiger partial charge in [-0.3, -0.25) is 0 Å². The molecule has 2 N–H and O–H groups in total. The molecule has 0 radical (unpaired) electrons. The second kappa shape index (κ2) is 7.04. The lowest BCUT2D eigenvalue weighted by Gasteiger charge is -2.15. The Morgan fingerprint density at radius 3 is 2.76 bits per heavy atom. The molecule has 1 aromatic carbocycles. The Hall–Kier alpha value is -1.40. The van der Waals surface area contributed by atoms with E-state index in [9.17, 15) is 0 Å². The van der Waals surface area contributed by atoms with Crippen molar-refractivity contribution in [2.75, 3.05) is 0 Å². The van der Waals surface area contributed by atoms with Gasteiger partial charge in [0.15, 0.2) is 5.82 Å². The zero-order valence-electron chi connectivity index (χ0n) is 12.6. The predicted octanol–water partition coefficient (Wildman–Crippen LogP) is 3.30. The largest absolute Gasteiger partial charge is 0.485 e. The molecule has 0 bridgehead atoms. The van der Waals surface area contributed by atoms with Gasteiger partial charge < -0.3 is 10.5 Å². The van der Waals surface area contributed by atoms with E-state index in [-0.39, 0.29) is 6.04 Å². The number of rotatable bonds is 6. The molecule has 1 atom stereocenters. The van der Waals surface area contributed by atoms with Crippen molar-refractivity contribution in [1.82, 2.24) is 14.8 Å². The lowest BCUT2D eigenvalue weighted by Crippen LogP contribution is -2.13. The van der Waals surface area contributed by atoms with Crippen LogP contribution in [0.2, 0.25) is 0 Å². The molecule has 0 aliphatic heterocycles. The van der Waals surface area contributed by atoms with Crippen molar-refractivity contribution in [2.24, 2.45) is 11.7 Å². The molecule has 1 heterocycles. The number of nitrogens with two attached hydrogens (primary N) is 1. The number of benzene rings is 1. The fourth-order valence-electron chi connectivity index (χ4n) is 2.05. The fourth-order valence-corrected chi connectivity index (χ4v) is 2.43. The Morgan fingerprint density at radius 1 is 1.33 bits per heavy atom. The summed E-state index contributed by atoms with van der Waals surface area (Å²) in [5, 5.41) is 4.23. The van der Waals surface area contributed by atoms with Gasteiger partial charge in [-0.25, -0.2) is 9.67 Å². The Morgan fingerprint density at radius 2 is 2.10 bits per heavy atom. The second-order valence-electron chi connectivity index (χ2n) is 5.51. The zero-order valence-corrected chi connectivity index (χ0v) is 14.2. The van der Waals surface area contributed by atoms with Gasteiger partial charge >= 0.3 is 0 Å². The topological polar surface area (TPSA) is 66.0 Å². The summed E-state index contributed by atoms with van der Waals surface area (Å²) in [5.41, 5.74) is 6.97. The van der Waals surface area contributed by atoms with Crippen LogP contribution >= 0.6 is 15.9 Å². The minimum absolute atomic E-state index is 0.0916. The van der Waals surface area contributed by atoms with Gasteiger partial charge in [0.1, 0.15) is 18.7 Å². The highest BCUT2D eigenvalue weighted by atomic mass is 79.9. The molecule has 0 aliphatic rings. The first-order valence-corrected chi connectivity index (χ1v) is 7.81. The summed E-state index contributed by atoms with van der Waals surface area (Å²) >= 11 is 3.46. The maximum Gasteiger partial charge on any atom is 0.164 e. The van der Waals surface area contributed by atoms with E-state index in [0.717, 1.165) is 28.2 Å². The number of hydrogen-bond acceptors (Lipinski definition) is 4. The molecule has 114 valence electrons. The van der Waals surface area contributed by atoms with Crippen LogP contribution in [0.5, 0.6) is 5.75 Å². The number of ether oxygens (including phenoxy) is 1. The van der Waals surface area contributed by atoms with Gasteiger partial charge in [-0.15, -0.1) is 0 Å². The summed E-state index contributed by atoms with van der Waals surface area (Å²) in [6.07, 6.45) is 1.56. The van der Waals surface area contributed by atoms with Crippen LogP contribution in [0.4, 0.5) is 0 Å². The molecule has 0 unspecified atom stereocenters. The van der Waals surface area contributed by atoms with Crippen molar-refractivity contribution in [3.63, 3.8) is 0 Å². The molecule has 5 nitrogen and oxygen atoms in total. The highest BCUT2D eigenvalue weighted by Gasteiger charge is 2.11. The molecule has 21 heavy (non-hydrogen) atoms. The molecule has 0 fully saturated rings. The Balaban J connectivity index is 2.12. The molecule has 1 aromatic heterocycles. The molecular weight excluding hydrogens is 332 g/mol. The number of aromatic nitrogens is 3. The molecule has 0 saturated heterocycles. The van der Waals surface area contributed by atoms with Crippen LogP contribution in [-0.2, 0) is 13.2 Å². The van der Waals surface area contributed by atoms with Crippen LogP contribution in [0.25, 0.3) is 0 Å². The molecule has 6 heteroatoms. The SMILES string of the molecule is CC(C)Cn1ncnc1COc1ccc(Br)cc1[C@@H](C)N. The van der Waals surface area contributed by atoms with Crippen molar-refractivity contribution >= 4 is 15.9 Å². The molecule has 0 amide bonds. The molecule has 0 spiro atoms. The zero-order chi connectivity index (χ0) is 15.4. The van der Waals surface area contributed by atoms with Crippen molar-refractivity contribution in [3.8, 4) is 5.75 Å². The van der Waals surface area contributed by atoms with Crippen LogP contribution in [-0.4, -0.2) is 14.8 Å². The summed E-state index contributed by atoms with van der Waals surface area (Å²) in [6.45, 7) is 7.45. The summed E-state index contributed by atoms with van der Waals surface area (Å²) in [6, 6.07) is 5.76. The lowest BCUT2D eigenvalue weighted by atomic mass is 10.1. The highest BCUT2D eigenvalue weighted by Crippen LogP contribution is 2.28. The van der Waals surface area contributed by atoms with Gasteiger partial charge in [0, 0.05) is 22.6 Å². The average molecular weight is 353 g/mol. The minimum atomic E-state index is -0.0916. The summed E-state index contributed by atoms with van der Waals surface area (Å²) < 4.78 is 8.77. The van der Waals surface area contributed by atoms with Crippen LogP contribution in [0.3, 0.4) is 0 Å². The smallest absolute Gasteiger partial charge is 0.164 e. The maximum absolute atomic E-state index is 5.99. The van der Waals surface area contributed by atoms with Crippen LogP contribution in [0, 0.1) is 5.92 Å². The van der Waals surface area contributed by atoms with E-state index < -0.39 is 0 Å². The highest BCUT2D eigenvalue weighted by molar-refractivity contribution is 9.10. The molecular formula is C15H21BrN4O. The van der Waals surface area contributed by atoms with Crippen molar-refractivity contribution in [2.45, 2.75) is 40.0 Å². The van der Waals surface area contributed by atoms with E-state index >= 15 is 0 Å². The summed E-state index contributed by atoms with van der Waals surface area (Å²) in [4.78, 5) is 4.26. The summed E-state index contributed by atoms with van der Waals surface area (Å²) in [5.74, 6) is 2.12. The fraction of sp³-hybridized carbons (Fsp3) is 0.467. The predicted molar refractivity (Wildman–Crippen MR) is 85.9 cm³/mol.